The van der Waals surface area contributed by atoms with Crippen LogP contribution in [0.3, 0.4) is 0 Å². The van der Waals surface area contributed by atoms with E-state index in [1.807, 2.05) is 13.8 Å². The van der Waals surface area contributed by atoms with E-state index in [4.69, 9.17) is 4.74 Å². The molecule has 0 saturated carbocycles. The van der Waals surface area contributed by atoms with Crippen molar-refractivity contribution in [2.75, 3.05) is 7.11 Å². The lowest BCUT2D eigenvalue weighted by Gasteiger charge is -2.11. The molecule has 0 saturated heterocycles. The lowest BCUT2D eigenvalue weighted by atomic mass is 10.0. The van der Waals surface area contributed by atoms with E-state index in [0.29, 0.717) is 16.3 Å². The van der Waals surface area contributed by atoms with E-state index in [1.54, 1.807) is 14.0 Å². The monoisotopic (exact) mass is 156 g/mol. The first-order valence-electron chi connectivity index (χ1n) is 3.44. The average Bonchev–Trinajstić information content (AvgIpc) is 2.03. The second-order valence-corrected chi connectivity index (χ2v) is 3.05. The molecule has 0 aromatic rings. The van der Waals surface area contributed by atoms with Crippen LogP contribution in [0, 0.1) is 5.21 Å². The van der Waals surface area contributed by atoms with Crippen LogP contribution in [0.25, 0.3) is 0 Å². The maximum atomic E-state index is 11.0. The van der Waals surface area contributed by atoms with Crippen molar-refractivity contribution in [1.29, 1.82) is 0 Å². The normalized spacial score (nSPS) is 22.0. The van der Waals surface area contributed by atoms with E-state index >= 15 is 0 Å². The summed E-state index contributed by atoms with van der Waals surface area (Å²) in [5, 5.41) is 14.8. The number of hydrogen-bond donors (Lipinski definition) is 0. The molecule has 0 aliphatic carbocycles. The zero-order valence-corrected chi connectivity index (χ0v) is 7.21. The van der Waals surface area contributed by atoms with Crippen LogP contribution in [0.1, 0.15) is 20.8 Å². The Bertz CT molecular complexity index is 241. The molecule has 1 aliphatic heterocycles. The van der Waals surface area contributed by atoms with E-state index < -0.39 is 5.54 Å². The van der Waals surface area contributed by atoms with Crippen LogP contribution in [0.5, 0.6) is 0 Å². The van der Waals surface area contributed by atoms with Crippen LogP contribution in [-0.2, 0) is 4.74 Å². The van der Waals surface area contributed by atoms with Gasteiger partial charge in [0.25, 0.3) is 5.70 Å². The fourth-order valence-corrected chi connectivity index (χ4v) is 1.27. The highest BCUT2D eigenvalue weighted by Crippen LogP contribution is 2.30. The van der Waals surface area contributed by atoms with Gasteiger partial charge in [-0.05, 0) is 19.0 Å². The van der Waals surface area contributed by atoms with Crippen molar-refractivity contribution in [1.82, 2.24) is 0 Å². The standard InChI is InChI=1S/C7H12N2O2/c1-5-6(11-4)7(2,3)8-9(5)10/h1-4H3. The Morgan fingerprint density at radius 1 is 1.55 bits per heavy atom. The van der Waals surface area contributed by atoms with Gasteiger partial charge in [-0.15, -0.1) is 0 Å². The highest BCUT2D eigenvalue weighted by atomic mass is 16.5. The number of methoxy groups -OCH3 is 1. The Labute approximate surface area is 65.8 Å². The van der Waals surface area contributed by atoms with E-state index in [9.17, 15) is 5.21 Å². The second kappa shape index (κ2) is 2.22. The summed E-state index contributed by atoms with van der Waals surface area (Å²) in [4.78, 5) is 0.610. The highest BCUT2D eigenvalue weighted by molar-refractivity contribution is 5.15. The van der Waals surface area contributed by atoms with Crippen LogP contribution in [-0.4, -0.2) is 17.5 Å². The smallest absolute Gasteiger partial charge is 0.258 e. The van der Waals surface area contributed by atoms with E-state index in [1.165, 1.54) is 0 Å². The molecule has 11 heavy (non-hydrogen) atoms. The number of hydrogen-bond acceptors (Lipinski definition) is 3. The topological polar surface area (TPSA) is 47.7 Å². The fourth-order valence-electron chi connectivity index (χ4n) is 1.27. The fraction of sp³-hybridized carbons (Fsp3) is 0.714. The van der Waals surface area contributed by atoms with Gasteiger partial charge < -0.3 is 9.94 Å². The summed E-state index contributed by atoms with van der Waals surface area (Å²) in [7, 11) is 1.55. The number of azo groups is 1. The van der Waals surface area contributed by atoms with Gasteiger partial charge in [-0.2, -0.15) is 0 Å². The SMILES string of the molecule is COC1=C(C)[N+]([O-])=NC1(C)C. The molecule has 1 rings (SSSR count). The summed E-state index contributed by atoms with van der Waals surface area (Å²) in [6.07, 6.45) is 0. The molecule has 1 heterocycles. The summed E-state index contributed by atoms with van der Waals surface area (Å²) in [6, 6.07) is 0. The van der Waals surface area contributed by atoms with E-state index in [-0.39, 0.29) is 0 Å². The van der Waals surface area contributed by atoms with Crippen molar-refractivity contribution < 1.29 is 9.60 Å². The van der Waals surface area contributed by atoms with Gasteiger partial charge in [0.05, 0.1) is 7.11 Å². The third-order valence-corrected chi connectivity index (χ3v) is 1.72. The first kappa shape index (κ1) is 8.04. The van der Waals surface area contributed by atoms with Gasteiger partial charge in [0.1, 0.15) is 0 Å². The van der Waals surface area contributed by atoms with Gasteiger partial charge in [0.2, 0.25) is 0 Å². The van der Waals surface area contributed by atoms with Crippen molar-refractivity contribution in [2.45, 2.75) is 26.3 Å². The molecule has 0 aromatic heterocycles. The minimum Gasteiger partial charge on any atom is -0.594 e. The number of rotatable bonds is 1. The zero-order valence-electron chi connectivity index (χ0n) is 7.21. The van der Waals surface area contributed by atoms with Gasteiger partial charge in [-0.1, -0.05) is 4.86 Å². The van der Waals surface area contributed by atoms with Gasteiger partial charge in [-0.3, -0.25) is 0 Å². The molecule has 4 nitrogen and oxygen atoms in total. The van der Waals surface area contributed by atoms with E-state index in [0.717, 1.165) is 0 Å². The average molecular weight is 156 g/mol. The van der Waals surface area contributed by atoms with E-state index in [2.05, 4.69) is 5.11 Å². The van der Waals surface area contributed by atoms with Gasteiger partial charge in [-0.25, -0.2) is 0 Å². The van der Waals surface area contributed by atoms with Gasteiger partial charge in [0.15, 0.2) is 11.3 Å². The molecule has 0 N–H and O–H groups in total. The number of hydroxylamine groups is 1. The molecule has 62 valence electrons. The number of nitrogens with zero attached hydrogens (tertiary/aromatic N) is 2. The number of allylic oxidation sites excluding steroid dienone is 1. The molecule has 0 amide bonds. The minimum absolute atomic E-state index is 0.499. The summed E-state index contributed by atoms with van der Waals surface area (Å²) < 4.78 is 5.05. The molecule has 4 heteroatoms. The third-order valence-electron chi connectivity index (χ3n) is 1.72. The quantitative estimate of drug-likeness (QED) is 0.427. The molecule has 0 fully saturated rings. The molecule has 0 radical (unpaired) electrons. The van der Waals surface area contributed by atoms with Crippen LogP contribution in [0.4, 0.5) is 0 Å². The molecular weight excluding hydrogens is 144 g/mol. The lowest BCUT2D eigenvalue weighted by molar-refractivity contribution is -0.475. The molecule has 0 bridgehead atoms. The van der Waals surface area contributed by atoms with Crippen molar-refractivity contribution in [3.63, 3.8) is 0 Å². The highest BCUT2D eigenvalue weighted by Gasteiger charge is 2.39. The molecule has 0 spiro atoms. The molecule has 0 atom stereocenters. The summed E-state index contributed by atoms with van der Waals surface area (Å²) in [5.74, 6) is 0.646. The Morgan fingerprint density at radius 3 is 2.27 bits per heavy atom. The predicted octanol–water partition coefficient (Wildman–Crippen LogP) is 1.62. The summed E-state index contributed by atoms with van der Waals surface area (Å²) in [6.45, 7) is 5.38. The largest absolute Gasteiger partial charge is 0.594 e. The molecule has 0 unspecified atom stereocenters. The maximum Gasteiger partial charge on any atom is 0.258 e. The van der Waals surface area contributed by atoms with Crippen LogP contribution < -0.4 is 0 Å². The predicted molar refractivity (Wildman–Crippen MR) is 39.8 cm³/mol. The second-order valence-electron chi connectivity index (χ2n) is 3.05. The summed E-state index contributed by atoms with van der Waals surface area (Å²) >= 11 is 0. The first-order valence-corrected chi connectivity index (χ1v) is 3.44. The number of ether oxygens (including phenoxy) is 1. The molecule has 1 aliphatic rings. The Morgan fingerprint density at radius 2 is 2.09 bits per heavy atom. The van der Waals surface area contributed by atoms with Gasteiger partial charge in [0, 0.05) is 6.92 Å². The van der Waals surface area contributed by atoms with Crippen molar-refractivity contribution in [3.8, 4) is 0 Å². The van der Waals surface area contributed by atoms with Crippen molar-refractivity contribution >= 4 is 0 Å². The lowest BCUT2D eigenvalue weighted by Crippen LogP contribution is -2.18. The van der Waals surface area contributed by atoms with Crippen LogP contribution in [0.2, 0.25) is 0 Å². The van der Waals surface area contributed by atoms with Crippen LogP contribution in [0.15, 0.2) is 16.6 Å². The molecular formula is C7H12N2O2. The van der Waals surface area contributed by atoms with Crippen LogP contribution >= 0.6 is 0 Å². The zero-order chi connectivity index (χ0) is 8.65. The Kier molecular flexibility index (Phi) is 1.62. The summed E-state index contributed by atoms with van der Waals surface area (Å²) in [5.41, 5.74) is 0.0399. The van der Waals surface area contributed by atoms with Crippen molar-refractivity contribution in [2.24, 2.45) is 5.11 Å². The molecule has 0 aromatic carbocycles. The maximum absolute atomic E-state index is 11.0. The third kappa shape index (κ3) is 1.08. The van der Waals surface area contributed by atoms with Gasteiger partial charge >= 0.3 is 0 Å². The first-order chi connectivity index (χ1) is 4.99. The Hall–Kier alpha value is -1.06. The Balaban J connectivity index is 3.10. The van der Waals surface area contributed by atoms with Crippen molar-refractivity contribution in [3.05, 3.63) is 16.7 Å². The minimum atomic E-state index is -0.499.